The maximum atomic E-state index is 11.6. The van der Waals surface area contributed by atoms with Crippen molar-refractivity contribution >= 4 is 20.9 Å². The van der Waals surface area contributed by atoms with Crippen LogP contribution in [-0.2, 0) is 16.9 Å². The monoisotopic (exact) mass is 281 g/mol. The summed E-state index contributed by atoms with van der Waals surface area (Å²) in [4.78, 5) is 4.82. The molecule has 2 atom stereocenters. The number of aryl methyl sites for hydroxylation is 1. The molecule has 0 radical (unpaired) electrons. The van der Waals surface area contributed by atoms with Gasteiger partial charge in [-0.15, -0.1) is 0 Å². The summed E-state index contributed by atoms with van der Waals surface area (Å²) in [5, 5.41) is 0. The molecule has 2 unspecified atom stereocenters. The first kappa shape index (κ1) is 14.0. The van der Waals surface area contributed by atoms with E-state index < -0.39 is 9.84 Å². The van der Waals surface area contributed by atoms with E-state index in [1.54, 1.807) is 18.2 Å². The number of nitrogens with two attached hydrogens (primary N) is 1. The highest BCUT2D eigenvalue weighted by Gasteiger charge is 2.18. The van der Waals surface area contributed by atoms with Gasteiger partial charge in [-0.2, -0.15) is 0 Å². The van der Waals surface area contributed by atoms with Gasteiger partial charge < -0.3 is 10.3 Å². The number of imidazole rings is 1. The van der Waals surface area contributed by atoms with E-state index in [9.17, 15) is 8.42 Å². The Labute approximate surface area is 113 Å². The van der Waals surface area contributed by atoms with Crippen molar-refractivity contribution in [3.05, 3.63) is 24.0 Å². The number of benzene rings is 1. The number of fused-ring (bicyclic) bond motifs is 1. The molecule has 104 valence electrons. The van der Waals surface area contributed by atoms with Crippen LogP contribution in [0.15, 0.2) is 23.1 Å². The van der Waals surface area contributed by atoms with Crippen LogP contribution in [0.25, 0.3) is 11.0 Å². The summed E-state index contributed by atoms with van der Waals surface area (Å²) in [5.41, 5.74) is 7.51. The highest BCUT2D eigenvalue weighted by molar-refractivity contribution is 7.90. The second-order valence-electron chi connectivity index (χ2n) is 5.10. The molecular formula is C13H19N3O2S. The molecule has 2 N–H and O–H groups in total. The van der Waals surface area contributed by atoms with Gasteiger partial charge in [-0.25, -0.2) is 13.4 Å². The van der Waals surface area contributed by atoms with Crippen molar-refractivity contribution in [2.45, 2.75) is 30.7 Å². The van der Waals surface area contributed by atoms with Crippen LogP contribution in [-0.4, -0.2) is 30.3 Å². The molecule has 0 aliphatic heterocycles. The number of hydrogen-bond donors (Lipinski definition) is 1. The van der Waals surface area contributed by atoms with Crippen LogP contribution in [0.3, 0.4) is 0 Å². The Morgan fingerprint density at radius 1 is 1.32 bits per heavy atom. The van der Waals surface area contributed by atoms with Gasteiger partial charge in [0.05, 0.1) is 15.9 Å². The highest BCUT2D eigenvalue weighted by Crippen LogP contribution is 2.24. The largest absolute Gasteiger partial charge is 0.331 e. The van der Waals surface area contributed by atoms with Crippen LogP contribution < -0.4 is 5.73 Å². The molecule has 1 aromatic carbocycles. The molecule has 1 aromatic heterocycles. The average Bonchev–Trinajstić information content (AvgIpc) is 2.64. The van der Waals surface area contributed by atoms with E-state index in [1.165, 1.54) is 6.26 Å². The zero-order chi connectivity index (χ0) is 14.4. The van der Waals surface area contributed by atoms with Crippen LogP contribution in [0, 0.1) is 0 Å². The normalized spacial score (nSPS) is 15.6. The van der Waals surface area contributed by atoms with Crippen LogP contribution in [0.2, 0.25) is 0 Å². The van der Waals surface area contributed by atoms with Gasteiger partial charge >= 0.3 is 0 Å². The van der Waals surface area contributed by atoms with Crippen LogP contribution >= 0.6 is 0 Å². The molecule has 0 saturated carbocycles. The van der Waals surface area contributed by atoms with Crippen molar-refractivity contribution in [2.75, 3.05) is 6.26 Å². The summed E-state index contributed by atoms with van der Waals surface area (Å²) < 4.78 is 25.1. The maximum absolute atomic E-state index is 11.6. The molecule has 0 spiro atoms. The van der Waals surface area contributed by atoms with Gasteiger partial charge in [0, 0.05) is 25.3 Å². The van der Waals surface area contributed by atoms with Crippen LogP contribution in [0.5, 0.6) is 0 Å². The van der Waals surface area contributed by atoms with Crippen molar-refractivity contribution < 1.29 is 8.42 Å². The lowest BCUT2D eigenvalue weighted by molar-refractivity contribution is 0.565. The summed E-state index contributed by atoms with van der Waals surface area (Å²) in [5.74, 6) is 0.981. The van der Waals surface area contributed by atoms with E-state index in [0.29, 0.717) is 5.52 Å². The van der Waals surface area contributed by atoms with E-state index in [-0.39, 0.29) is 16.9 Å². The van der Waals surface area contributed by atoms with Gasteiger partial charge in [0.15, 0.2) is 9.84 Å². The zero-order valence-corrected chi connectivity index (χ0v) is 12.4. The Balaban J connectivity index is 2.64. The Kier molecular flexibility index (Phi) is 3.40. The lowest BCUT2D eigenvalue weighted by Gasteiger charge is -2.14. The quantitative estimate of drug-likeness (QED) is 0.923. The lowest BCUT2D eigenvalue weighted by Crippen LogP contribution is -2.24. The van der Waals surface area contributed by atoms with Crippen molar-refractivity contribution in [1.82, 2.24) is 9.55 Å². The van der Waals surface area contributed by atoms with Crippen LogP contribution in [0.4, 0.5) is 0 Å². The van der Waals surface area contributed by atoms with E-state index >= 15 is 0 Å². The second kappa shape index (κ2) is 4.61. The molecule has 2 rings (SSSR count). The predicted octanol–water partition coefficient (Wildman–Crippen LogP) is 1.43. The lowest BCUT2D eigenvalue weighted by atomic mass is 10.0. The molecular weight excluding hydrogens is 262 g/mol. The standard InChI is InChI=1S/C13H19N3O2S/c1-8(9(2)14)13-15-11-7-10(19(4,17)18)5-6-12(11)16(13)3/h5-9H,14H2,1-4H3. The first-order valence-corrected chi connectivity index (χ1v) is 8.03. The third-order valence-electron chi connectivity index (χ3n) is 3.51. The van der Waals surface area contributed by atoms with Crippen molar-refractivity contribution in [2.24, 2.45) is 12.8 Å². The summed E-state index contributed by atoms with van der Waals surface area (Å²) in [6.45, 7) is 3.95. The predicted molar refractivity (Wildman–Crippen MR) is 75.9 cm³/mol. The van der Waals surface area contributed by atoms with Crippen molar-refractivity contribution in [3.63, 3.8) is 0 Å². The molecule has 2 aromatic rings. The van der Waals surface area contributed by atoms with E-state index in [1.807, 2.05) is 25.5 Å². The maximum Gasteiger partial charge on any atom is 0.175 e. The fraction of sp³-hybridized carbons (Fsp3) is 0.462. The molecule has 0 amide bonds. The second-order valence-corrected chi connectivity index (χ2v) is 7.12. The highest BCUT2D eigenvalue weighted by atomic mass is 32.2. The van der Waals surface area contributed by atoms with Crippen molar-refractivity contribution in [1.29, 1.82) is 0 Å². The Bertz CT molecular complexity index is 717. The minimum Gasteiger partial charge on any atom is -0.331 e. The Hall–Kier alpha value is -1.40. The summed E-state index contributed by atoms with van der Waals surface area (Å²) in [6, 6.07) is 5.00. The number of hydrogen-bond acceptors (Lipinski definition) is 4. The summed E-state index contributed by atoms with van der Waals surface area (Å²) >= 11 is 0. The molecule has 0 bridgehead atoms. The van der Waals surface area contributed by atoms with Crippen molar-refractivity contribution in [3.8, 4) is 0 Å². The third kappa shape index (κ3) is 2.50. The number of aromatic nitrogens is 2. The molecule has 19 heavy (non-hydrogen) atoms. The first-order chi connectivity index (χ1) is 8.71. The average molecular weight is 281 g/mol. The molecule has 0 aliphatic carbocycles. The third-order valence-corrected chi connectivity index (χ3v) is 4.62. The van der Waals surface area contributed by atoms with Crippen LogP contribution in [0.1, 0.15) is 25.6 Å². The fourth-order valence-electron chi connectivity index (χ4n) is 2.07. The zero-order valence-electron chi connectivity index (χ0n) is 11.6. The number of rotatable bonds is 3. The molecule has 0 saturated heterocycles. The minimum atomic E-state index is -3.21. The van der Waals surface area contributed by atoms with Gasteiger partial charge in [-0.1, -0.05) is 6.92 Å². The number of sulfone groups is 1. The van der Waals surface area contributed by atoms with E-state index in [0.717, 1.165) is 11.3 Å². The number of nitrogens with zero attached hydrogens (tertiary/aromatic N) is 2. The molecule has 1 heterocycles. The summed E-state index contributed by atoms with van der Waals surface area (Å²) in [7, 11) is -1.29. The fourth-order valence-corrected chi connectivity index (χ4v) is 2.71. The topological polar surface area (TPSA) is 78.0 Å². The smallest absolute Gasteiger partial charge is 0.175 e. The molecule has 5 nitrogen and oxygen atoms in total. The Morgan fingerprint density at radius 3 is 2.47 bits per heavy atom. The molecule has 0 aliphatic rings. The van der Waals surface area contributed by atoms with Gasteiger partial charge in [0.25, 0.3) is 0 Å². The molecule has 0 fully saturated rings. The van der Waals surface area contributed by atoms with Gasteiger partial charge in [-0.05, 0) is 25.1 Å². The van der Waals surface area contributed by atoms with Gasteiger partial charge in [0.1, 0.15) is 5.82 Å². The van der Waals surface area contributed by atoms with Gasteiger partial charge in [0.2, 0.25) is 0 Å². The minimum absolute atomic E-state index is 0.00936. The Morgan fingerprint density at radius 2 is 1.95 bits per heavy atom. The SMILES string of the molecule is CC(N)C(C)c1nc2cc(S(C)(=O)=O)ccc2n1C. The van der Waals surface area contributed by atoms with E-state index in [2.05, 4.69) is 4.98 Å². The first-order valence-electron chi connectivity index (χ1n) is 6.14. The van der Waals surface area contributed by atoms with Gasteiger partial charge in [-0.3, -0.25) is 0 Å². The molecule has 6 heteroatoms. The van der Waals surface area contributed by atoms with E-state index in [4.69, 9.17) is 5.73 Å². The summed E-state index contributed by atoms with van der Waals surface area (Å²) in [6.07, 6.45) is 1.20.